The Hall–Kier alpha value is -2.29. The van der Waals surface area contributed by atoms with Gasteiger partial charge in [0.15, 0.2) is 0 Å². The van der Waals surface area contributed by atoms with E-state index in [1.165, 1.54) is 5.56 Å². The zero-order chi connectivity index (χ0) is 15.2. The molecule has 0 spiro atoms. The van der Waals surface area contributed by atoms with Crippen molar-refractivity contribution in [3.05, 3.63) is 65.2 Å². The third kappa shape index (κ3) is 4.09. The first-order chi connectivity index (χ1) is 10.1. The molecule has 0 aliphatic rings. The van der Waals surface area contributed by atoms with Gasteiger partial charge in [-0.25, -0.2) is 0 Å². The molecular weight excluding hydrogens is 260 g/mol. The molecule has 0 aliphatic heterocycles. The minimum atomic E-state index is 0.0404. The van der Waals surface area contributed by atoms with E-state index in [4.69, 9.17) is 0 Å². The Morgan fingerprint density at radius 1 is 1.05 bits per heavy atom. The van der Waals surface area contributed by atoms with Crippen LogP contribution in [0.1, 0.15) is 28.4 Å². The number of amides is 1. The average Bonchev–Trinajstić information content (AvgIpc) is 2.50. The van der Waals surface area contributed by atoms with Crippen molar-refractivity contribution >= 4 is 11.6 Å². The quantitative estimate of drug-likeness (QED) is 0.907. The summed E-state index contributed by atoms with van der Waals surface area (Å²) in [7, 11) is 1.83. The highest BCUT2D eigenvalue weighted by atomic mass is 16.2. The first-order valence-corrected chi connectivity index (χ1v) is 7.25. The molecule has 21 heavy (non-hydrogen) atoms. The van der Waals surface area contributed by atoms with Crippen molar-refractivity contribution in [2.75, 3.05) is 18.9 Å². The van der Waals surface area contributed by atoms with Crippen molar-refractivity contribution in [3.8, 4) is 0 Å². The molecule has 0 heterocycles. The Bertz CT molecular complexity index is 588. The van der Waals surface area contributed by atoms with Gasteiger partial charge in [-0.15, -0.1) is 0 Å². The number of carbonyl (C=O) groups excluding carboxylic acids is 1. The predicted molar refractivity (Wildman–Crippen MR) is 87.6 cm³/mol. The van der Waals surface area contributed by atoms with Gasteiger partial charge in [-0.05, 0) is 43.7 Å². The van der Waals surface area contributed by atoms with Crippen LogP contribution in [-0.4, -0.2) is 24.4 Å². The van der Waals surface area contributed by atoms with E-state index < -0.39 is 0 Å². The van der Waals surface area contributed by atoms with Gasteiger partial charge < -0.3 is 10.2 Å². The van der Waals surface area contributed by atoms with Crippen molar-refractivity contribution in [1.29, 1.82) is 0 Å². The Morgan fingerprint density at radius 3 is 2.24 bits per heavy atom. The number of carbonyl (C=O) groups is 1. The molecule has 3 nitrogen and oxygen atoms in total. The smallest absolute Gasteiger partial charge is 0.253 e. The fourth-order valence-corrected chi connectivity index (χ4v) is 2.19. The van der Waals surface area contributed by atoms with Gasteiger partial charge in [-0.2, -0.15) is 0 Å². The summed E-state index contributed by atoms with van der Waals surface area (Å²) in [5, 5.41) is 3.22. The van der Waals surface area contributed by atoms with Crippen LogP contribution in [0.15, 0.2) is 48.5 Å². The standard InChI is InChI=1S/C18H22N2O/c1-4-19-17-11-9-16(10-12-17)18(21)20(3)13-15-7-5-14(2)6-8-15/h5-12,19H,4,13H2,1-3H3. The highest BCUT2D eigenvalue weighted by Crippen LogP contribution is 2.13. The summed E-state index contributed by atoms with van der Waals surface area (Å²) in [6, 6.07) is 15.9. The van der Waals surface area contributed by atoms with Crippen molar-refractivity contribution in [3.63, 3.8) is 0 Å². The van der Waals surface area contributed by atoms with E-state index in [1.807, 2.05) is 31.3 Å². The zero-order valence-corrected chi connectivity index (χ0v) is 12.9. The number of anilines is 1. The lowest BCUT2D eigenvalue weighted by Crippen LogP contribution is -2.26. The van der Waals surface area contributed by atoms with Crippen molar-refractivity contribution in [1.82, 2.24) is 4.90 Å². The van der Waals surface area contributed by atoms with Crippen molar-refractivity contribution in [2.45, 2.75) is 20.4 Å². The van der Waals surface area contributed by atoms with Gasteiger partial charge in [0.1, 0.15) is 0 Å². The second-order valence-corrected chi connectivity index (χ2v) is 5.25. The summed E-state index contributed by atoms with van der Waals surface area (Å²) >= 11 is 0. The van der Waals surface area contributed by atoms with E-state index in [0.29, 0.717) is 12.1 Å². The third-order valence-electron chi connectivity index (χ3n) is 3.40. The van der Waals surface area contributed by atoms with E-state index in [0.717, 1.165) is 17.8 Å². The van der Waals surface area contributed by atoms with Crippen LogP contribution in [0.25, 0.3) is 0 Å². The number of hydrogen-bond donors (Lipinski definition) is 1. The maximum atomic E-state index is 12.4. The number of nitrogens with one attached hydrogen (secondary N) is 1. The predicted octanol–water partition coefficient (Wildman–Crippen LogP) is 3.70. The van der Waals surface area contributed by atoms with Crippen LogP contribution in [-0.2, 0) is 6.54 Å². The summed E-state index contributed by atoms with van der Waals surface area (Å²) in [5.41, 5.74) is 4.12. The molecule has 3 heteroatoms. The molecular formula is C18H22N2O. The molecule has 0 saturated heterocycles. The summed E-state index contributed by atoms with van der Waals surface area (Å²) in [6.45, 7) is 5.60. The minimum absolute atomic E-state index is 0.0404. The number of rotatable bonds is 5. The van der Waals surface area contributed by atoms with Gasteiger partial charge in [0.2, 0.25) is 0 Å². The summed E-state index contributed by atoms with van der Waals surface area (Å²) < 4.78 is 0. The molecule has 0 radical (unpaired) electrons. The SMILES string of the molecule is CCNc1ccc(C(=O)N(C)Cc2ccc(C)cc2)cc1. The first kappa shape index (κ1) is 15.1. The summed E-state index contributed by atoms with van der Waals surface area (Å²) in [5.74, 6) is 0.0404. The van der Waals surface area contributed by atoms with Gasteiger partial charge in [-0.1, -0.05) is 29.8 Å². The van der Waals surface area contributed by atoms with Crippen LogP contribution in [0.2, 0.25) is 0 Å². The van der Waals surface area contributed by atoms with Crippen molar-refractivity contribution in [2.24, 2.45) is 0 Å². The largest absolute Gasteiger partial charge is 0.385 e. The van der Waals surface area contributed by atoms with Gasteiger partial charge in [0.05, 0.1) is 0 Å². The maximum absolute atomic E-state index is 12.4. The van der Waals surface area contributed by atoms with Crippen LogP contribution in [0.4, 0.5) is 5.69 Å². The molecule has 1 N–H and O–H groups in total. The van der Waals surface area contributed by atoms with Gasteiger partial charge in [-0.3, -0.25) is 4.79 Å². The van der Waals surface area contributed by atoms with E-state index >= 15 is 0 Å². The maximum Gasteiger partial charge on any atom is 0.253 e. The molecule has 2 aromatic carbocycles. The number of benzene rings is 2. The molecule has 1 amide bonds. The molecule has 2 aromatic rings. The number of hydrogen-bond acceptors (Lipinski definition) is 2. The second-order valence-electron chi connectivity index (χ2n) is 5.25. The monoisotopic (exact) mass is 282 g/mol. The highest BCUT2D eigenvalue weighted by Gasteiger charge is 2.11. The Balaban J connectivity index is 2.02. The van der Waals surface area contributed by atoms with E-state index in [2.05, 4.69) is 43.4 Å². The third-order valence-corrected chi connectivity index (χ3v) is 3.40. The molecule has 0 aliphatic carbocycles. The van der Waals surface area contributed by atoms with Crippen LogP contribution < -0.4 is 5.32 Å². The lowest BCUT2D eigenvalue weighted by molar-refractivity contribution is 0.0785. The molecule has 0 aromatic heterocycles. The normalized spacial score (nSPS) is 10.2. The zero-order valence-electron chi connectivity index (χ0n) is 12.9. The average molecular weight is 282 g/mol. The lowest BCUT2D eigenvalue weighted by atomic mass is 10.1. The first-order valence-electron chi connectivity index (χ1n) is 7.25. The minimum Gasteiger partial charge on any atom is -0.385 e. The molecule has 2 rings (SSSR count). The number of nitrogens with zero attached hydrogens (tertiary/aromatic N) is 1. The molecule has 0 saturated carbocycles. The van der Waals surface area contributed by atoms with Gasteiger partial charge in [0.25, 0.3) is 5.91 Å². The fraction of sp³-hybridized carbons (Fsp3) is 0.278. The summed E-state index contributed by atoms with van der Waals surface area (Å²) in [4.78, 5) is 14.1. The fourth-order valence-electron chi connectivity index (χ4n) is 2.19. The van der Waals surface area contributed by atoms with Crippen LogP contribution in [0, 0.1) is 6.92 Å². The molecule has 0 bridgehead atoms. The lowest BCUT2D eigenvalue weighted by Gasteiger charge is -2.17. The van der Waals surface area contributed by atoms with E-state index in [1.54, 1.807) is 4.90 Å². The molecule has 0 unspecified atom stereocenters. The summed E-state index contributed by atoms with van der Waals surface area (Å²) in [6.07, 6.45) is 0. The van der Waals surface area contributed by atoms with Gasteiger partial charge >= 0.3 is 0 Å². The van der Waals surface area contributed by atoms with E-state index in [9.17, 15) is 4.79 Å². The number of aryl methyl sites for hydroxylation is 1. The topological polar surface area (TPSA) is 32.3 Å². The Morgan fingerprint density at radius 2 is 1.67 bits per heavy atom. The highest BCUT2D eigenvalue weighted by molar-refractivity contribution is 5.94. The molecule has 0 fully saturated rings. The molecule has 0 atom stereocenters. The van der Waals surface area contributed by atoms with E-state index in [-0.39, 0.29) is 5.91 Å². The Kier molecular flexibility index (Phi) is 4.99. The van der Waals surface area contributed by atoms with Crippen LogP contribution >= 0.6 is 0 Å². The Labute approximate surface area is 126 Å². The molecule has 110 valence electrons. The van der Waals surface area contributed by atoms with Crippen molar-refractivity contribution < 1.29 is 4.79 Å². The second kappa shape index (κ2) is 6.93. The van der Waals surface area contributed by atoms with Gasteiger partial charge in [0, 0.05) is 31.4 Å². The van der Waals surface area contributed by atoms with Crippen LogP contribution in [0.3, 0.4) is 0 Å². The van der Waals surface area contributed by atoms with Crippen LogP contribution in [0.5, 0.6) is 0 Å².